The minimum Gasteiger partial charge on any atom is -0.479 e. The zero-order chi connectivity index (χ0) is 5.82. The molecule has 2 nitrogen and oxygen atoms in total. The molecule has 0 spiro atoms. The monoisotopic (exact) mass is 110 g/mol. The van der Waals surface area contributed by atoms with E-state index in [0.29, 0.717) is 0 Å². The quantitative estimate of drug-likeness (QED) is 0.539. The molecule has 0 amide bonds. The Kier molecular flexibility index (Phi) is 1.70. The largest absolute Gasteiger partial charge is 0.479 e. The Morgan fingerprint density at radius 3 is 2.75 bits per heavy atom. The lowest BCUT2D eigenvalue weighted by molar-refractivity contribution is 0.164. The average Bonchev–Trinajstić information content (AvgIpc) is 1.90. The maximum absolute atomic E-state index is 4.99. The number of rotatable bonds is 1. The highest BCUT2D eigenvalue weighted by Gasteiger charge is 1.98. The van der Waals surface area contributed by atoms with Crippen molar-refractivity contribution in [2.24, 2.45) is 0 Å². The summed E-state index contributed by atoms with van der Waals surface area (Å²) in [5.74, 6) is 0. The van der Waals surface area contributed by atoms with Crippen LogP contribution in [0.2, 0.25) is 0 Å². The van der Waals surface area contributed by atoms with E-state index in [0.717, 1.165) is 0 Å². The van der Waals surface area contributed by atoms with Crippen molar-refractivity contribution in [3.05, 3.63) is 31.5 Å². The molecule has 2 heteroatoms. The summed E-state index contributed by atoms with van der Waals surface area (Å²) in [6, 6.07) is 0. The van der Waals surface area contributed by atoms with Gasteiger partial charge in [-0.2, -0.15) is 0 Å². The number of hydrogen-bond acceptors (Lipinski definition) is 2. The van der Waals surface area contributed by atoms with E-state index in [4.69, 9.17) is 4.74 Å². The van der Waals surface area contributed by atoms with Crippen LogP contribution in [0.3, 0.4) is 0 Å². The van der Waals surface area contributed by atoms with E-state index in [2.05, 4.69) is 12.4 Å². The Morgan fingerprint density at radius 1 is 1.50 bits per heavy atom. The van der Waals surface area contributed by atoms with Gasteiger partial charge in [-0.25, -0.2) is 0 Å². The van der Waals surface area contributed by atoms with Crippen LogP contribution in [0.4, 0.5) is 0 Å². The molecule has 0 aliphatic carbocycles. The second-order valence-corrected chi connectivity index (χ2v) is 1.47. The molecule has 1 atom stereocenters. The van der Waals surface area contributed by atoms with E-state index in [-0.39, 0.29) is 6.23 Å². The predicted molar refractivity (Wildman–Crippen MR) is 31.6 cm³/mol. The molecule has 1 rings (SSSR count). The Balaban J connectivity index is 2.40. The van der Waals surface area contributed by atoms with Crippen molar-refractivity contribution in [3.8, 4) is 0 Å². The standard InChI is InChI=1S/C6H8NO/c1-7-6-4-2-3-5-8-6/h2-7H,1H2. The smallest absolute Gasteiger partial charge is 0.168 e. The lowest BCUT2D eigenvalue weighted by atomic mass is 10.4. The molecule has 0 bridgehead atoms. The van der Waals surface area contributed by atoms with Crippen LogP contribution in [0.1, 0.15) is 0 Å². The van der Waals surface area contributed by atoms with Crippen LogP contribution in [0, 0.1) is 7.05 Å². The minimum absolute atomic E-state index is 0.0417. The molecule has 0 aromatic heterocycles. The van der Waals surface area contributed by atoms with Crippen LogP contribution < -0.4 is 5.32 Å². The molecule has 43 valence electrons. The van der Waals surface area contributed by atoms with E-state index in [9.17, 15) is 0 Å². The number of allylic oxidation sites excluding steroid dienone is 2. The Labute approximate surface area is 48.8 Å². The first-order valence-corrected chi connectivity index (χ1v) is 2.45. The highest BCUT2D eigenvalue weighted by Crippen LogP contribution is 1.96. The van der Waals surface area contributed by atoms with Gasteiger partial charge in [0.15, 0.2) is 6.23 Å². The van der Waals surface area contributed by atoms with Gasteiger partial charge >= 0.3 is 0 Å². The lowest BCUT2D eigenvalue weighted by Crippen LogP contribution is -2.22. The molecule has 1 aliphatic heterocycles. The average molecular weight is 110 g/mol. The Bertz CT molecular complexity index is 118. The zero-order valence-corrected chi connectivity index (χ0v) is 4.50. The topological polar surface area (TPSA) is 21.3 Å². The van der Waals surface area contributed by atoms with Crippen molar-refractivity contribution >= 4 is 0 Å². The number of hydrogen-bond donors (Lipinski definition) is 1. The van der Waals surface area contributed by atoms with E-state index >= 15 is 0 Å². The lowest BCUT2D eigenvalue weighted by Gasteiger charge is -2.12. The molecule has 1 heterocycles. The van der Waals surface area contributed by atoms with Crippen molar-refractivity contribution < 1.29 is 4.74 Å². The summed E-state index contributed by atoms with van der Waals surface area (Å²) < 4.78 is 4.99. The molecule has 0 aromatic rings. The third-order valence-corrected chi connectivity index (χ3v) is 0.902. The van der Waals surface area contributed by atoms with Crippen molar-refractivity contribution in [1.29, 1.82) is 0 Å². The van der Waals surface area contributed by atoms with Crippen molar-refractivity contribution in [2.75, 3.05) is 0 Å². The maximum atomic E-state index is 4.99. The summed E-state index contributed by atoms with van der Waals surface area (Å²) >= 11 is 0. The van der Waals surface area contributed by atoms with Gasteiger partial charge in [0.2, 0.25) is 0 Å². The highest BCUT2D eigenvalue weighted by molar-refractivity contribution is 5.06. The van der Waals surface area contributed by atoms with Crippen LogP contribution in [0.5, 0.6) is 0 Å². The highest BCUT2D eigenvalue weighted by atomic mass is 16.5. The predicted octanol–water partition coefficient (Wildman–Crippen LogP) is 0.794. The number of nitrogens with one attached hydrogen (secondary N) is 1. The molecule has 0 saturated carbocycles. The third kappa shape index (κ3) is 1.10. The summed E-state index contributed by atoms with van der Waals surface area (Å²) in [6.07, 6.45) is 7.20. The SMILES string of the molecule is [CH2]NC1C=CC=CO1. The van der Waals surface area contributed by atoms with Crippen LogP contribution >= 0.6 is 0 Å². The van der Waals surface area contributed by atoms with E-state index in [1.54, 1.807) is 6.26 Å². The fraction of sp³-hybridized carbons (Fsp3) is 0.167. The fourth-order valence-corrected chi connectivity index (χ4v) is 0.502. The first kappa shape index (κ1) is 5.38. The van der Waals surface area contributed by atoms with Gasteiger partial charge in [-0.05, 0) is 12.2 Å². The van der Waals surface area contributed by atoms with Crippen LogP contribution in [0.25, 0.3) is 0 Å². The van der Waals surface area contributed by atoms with Gasteiger partial charge in [-0.3, -0.25) is 5.32 Å². The summed E-state index contributed by atoms with van der Waals surface area (Å²) in [7, 11) is 3.45. The first-order valence-electron chi connectivity index (χ1n) is 2.45. The van der Waals surface area contributed by atoms with Gasteiger partial charge in [-0.1, -0.05) is 6.08 Å². The molecule has 1 unspecified atom stereocenters. The van der Waals surface area contributed by atoms with E-state index in [1.807, 2.05) is 18.2 Å². The second-order valence-electron chi connectivity index (χ2n) is 1.47. The molecule has 1 N–H and O–H groups in total. The molecule has 1 radical (unpaired) electrons. The van der Waals surface area contributed by atoms with E-state index < -0.39 is 0 Å². The summed E-state index contributed by atoms with van der Waals surface area (Å²) in [5.41, 5.74) is 0. The van der Waals surface area contributed by atoms with Gasteiger partial charge in [0.25, 0.3) is 0 Å². The summed E-state index contributed by atoms with van der Waals surface area (Å²) in [4.78, 5) is 0. The Morgan fingerprint density at radius 2 is 2.38 bits per heavy atom. The van der Waals surface area contributed by atoms with E-state index in [1.165, 1.54) is 0 Å². The molecule has 8 heavy (non-hydrogen) atoms. The molecule has 0 aromatic carbocycles. The molecular weight excluding hydrogens is 102 g/mol. The van der Waals surface area contributed by atoms with Crippen LogP contribution in [-0.4, -0.2) is 6.23 Å². The molecule has 0 fully saturated rings. The normalized spacial score (nSPS) is 25.4. The van der Waals surface area contributed by atoms with Crippen molar-refractivity contribution in [2.45, 2.75) is 6.23 Å². The van der Waals surface area contributed by atoms with Crippen molar-refractivity contribution in [3.63, 3.8) is 0 Å². The molecule has 1 aliphatic rings. The van der Waals surface area contributed by atoms with Gasteiger partial charge in [0.05, 0.1) is 6.26 Å². The second kappa shape index (κ2) is 2.52. The maximum Gasteiger partial charge on any atom is 0.168 e. The van der Waals surface area contributed by atoms with Gasteiger partial charge in [0, 0.05) is 7.05 Å². The zero-order valence-electron chi connectivity index (χ0n) is 4.50. The fourth-order valence-electron chi connectivity index (χ4n) is 0.502. The molecular formula is C6H8NO. The van der Waals surface area contributed by atoms with Gasteiger partial charge < -0.3 is 4.74 Å². The Hall–Kier alpha value is -0.760. The third-order valence-electron chi connectivity index (χ3n) is 0.902. The van der Waals surface area contributed by atoms with Gasteiger partial charge in [-0.15, -0.1) is 0 Å². The number of ether oxygens (including phenoxy) is 1. The van der Waals surface area contributed by atoms with Crippen LogP contribution in [0.15, 0.2) is 24.5 Å². The van der Waals surface area contributed by atoms with Gasteiger partial charge in [0.1, 0.15) is 0 Å². The first-order chi connectivity index (χ1) is 3.93. The molecule has 0 saturated heterocycles. The minimum atomic E-state index is -0.0417. The van der Waals surface area contributed by atoms with Crippen molar-refractivity contribution in [1.82, 2.24) is 5.32 Å². The van der Waals surface area contributed by atoms with Crippen LogP contribution in [-0.2, 0) is 4.74 Å². The summed E-state index contributed by atoms with van der Waals surface area (Å²) in [5, 5.41) is 2.69. The summed E-state index contributed by atoms with van der Waals surface area (Å²) in [6.45, 7) is 0.